The molecule has 2 fully saturated rings. The van der Waals surface area contributed by atoms with Gasteiger partial charge in [0.1, 0.15) is 0 Å². The molecule has 2 aliphatic carbocycles. The zero-order valence-electron chi connectivity index (χ0n) is 16.9. The second kappa shape index (κ2) is 12.0. The first kappa shape index (κ1) is 20.8. The van der Waals surface area contributed by atoms with Gasteiger partial charge >= 0.3 is 5.97 Å². The van der Waals surface area contributed by atoms with Crippen LogP contribution in [0.15, 0.2) is 0 Å². The van der Waals surface area contributed by atoms with E-state index in [4.69, 9.17) is 4.74 Å². The molecule has 0 radical (unpaired) electrons. The van der Waals surface area contributed by atoms with Crippen LogP contribution in [0.25, 0.3) is 0 Å². The number of unbranched alkanes of at least 4 members (excludes halogenated alkanes) is 4. The average Bonchev–Trinajstić information content (AvgIpc) is 2.66. The first-order valence-electron chi connectivity index (χ1n) is 11.4. The summed E-state index contributed by atoms with van der Waals surface area (Å²) in [5, 5.41) is 0. The van der Waals surface area contributed by atoms with Gasteiger partial charge in [-0.2, -0.15) is 0 Å². The van der Waals surface area contributed by atoms with Crippen LogP contribution in [0.3, 0.4) is 0 Å². The van der Waals surface area contributed by atoms with Crippen molar-refractivity contribution in [3.63, 3.8) is 0 Å². The zero-order valence-corrected chi connectivity index (χ0v) is 16.9. The topological polar surface area (TPSA) is 26.3 Å². The summed E-state index contributed by atoms with van der Waals surface area (Å²) in [6.07, 6.45) is 20.0. The predicted octanol–water partition coefficient (Wildman–Crippen LogP) is 6.91. The standard InChI is InChI=1S/C23H42O2/c1-3-5-6-7-8-9-19-10-12-20(13-11-19)21-14-16-22(17-15-21)23(24)25-18-4-2/h19-22H,3-18H2,1-2H3. The minimum atomic E-state index is 0.0760. The van der Waals surface area contributed by atoms with Crippen LogP contribution in [0.1, 0.15) is 110 Å². The lowest BCUT2D eigenvalue weighted by Crippen LogP contribution is -2.29. The van der Waals surface area contributed by atoms with Crippen LogP contribution >= 0.6 is 0 Å². The minimum absolute atomic E-state index is 0.0760. The second-order valence-electron chi connectivity index (χ2n) is 8.76. The maximum Gasteiger partial charge on any atom is 0.308 e. The van der Waals surface area contributed by atoms with Crippen LogP contribution in [0.4, 0.5) is 0 Å². The van der Waals surface area contributed by atoms with Gasteiger partial charge < -0.3 is 4.74 Å². The number of ether oxygens (including phenoxy) is 1. The monoisotopic (exact) mass is 350 g/mol. The van der Waals surface area contributed by atoms with E-state index >= 15 is 0 Å². The quantitative estimate of drug-likeness (QED) is 0.316. The number of carbonyl (C=O) groups is 1. The van der Waals surface area contributed by atoms with Gasteiger partial charge in [-0.1, -0.05) is 65.2 Å². The van der Waals surface area contributed by atoms with Crippen molar-refractivity contribution in [1.82, 2.24) is 0 Å². The fourth-order valence-electron chi connectivity index (χ4n) is 5.13. The van der Waals surface area contributed by atoms with E-state index in [1.807, 2.05) is 0 Å². The Hall–Kier alpha value is -0.530. The van der Waals surface area contributed by atoms with E-state index < -0.39 is 0 Å². The lowest BCUT2D eigenvalue weighted by atomic mass is 9.68. The summed E-state index contributed by atoms with van der Waals surface area (Å²) in [5.41, 5.74) is 0. The Labute approximate surface area is 156 Å². The molecular formula is C23H42O2. The Bertz CT molecular complexity index is 349. The molecule has 0 aromatic heterocycles. The fourth-order valence-corrected chi connectivity index (χ4v) is 5.13. The molecule has 2 aliphatic rings. The van der Waals surface area contributed by atoms with Crippen LogP contribution < -0.4 is 0 Å². The minimum Gasteiger partial charge on any atom is -0.465 e. The summed E-state index contributed by atoms with van der Waals surface area (Å²) < 4.78 is 5.35. The van der Waals surface area contributed by atoms with Crippen molar-refractivity contribution in [3.8, 4) is 0 Å². The molecule has 0 aromatic carbocycles. The van der Waals surface area contributed by atoms with Gasteiger partial charge in [-0.25, -0.2) is 0 Å². The van der Waals surface area contributed by atoms with Gasteiger partial charge in [0.05, 0.1) is 12.5 Å². The lowest BCUT2D eigenvalue weighted by Gasteiger charge is -2.37. The van der Waals surface area contributed by atoms with Crippen molar-refractivity contribution >= 4 is 5.97 Å². The van der Waals surface area contributed by atoms with E-state index in [9.17, 15) is 4.79 Å². The van der Waals surface area contributed by atoms with Crippen molar-refractivity contribution in [2.24, 2.45) is 23.7 Å². The molecule has 0 N–H and O–H groups in total. The van der Waals surface area contributed by atoms with Crippen LogP contribution in [0.5, 0.6) is 0 Å². The Morgan fingerprint density at radius 1 is 0.760 bits per heavy atom. The summed E-state index contributed by atoms with van der Waals surface area (Å²) in [6.45, 7) is 4.95. The number of carbonyl (C=O) groups excluding carboxylic acids is 1. The molecule has 0 spiro atoms. The number of hydrogen-bond acceptors (Lipinski definition) is 2. The maximum absolute atomic E-state index is 12.0. The first-order valence-corrected chi connectivity index (χ1v) is 11.4. The Morgan fingerprint density at radius 2 is 1.36 bits per heavy atom. The Kier molecular flexibility index (Phi) is 9.94. The first-order chi connectivity index (χ1) is 12.2. The Balaban J connectivity index is 1.58. The van der Waals surface area contributed by atoms with E-state index in [-0.39, 0.29) is 11.9 Å². The molecule has 146 valence electrons. The van der Waals surface area contributed by atoms with Crippen LogP contribution in [-0.2, 0) is 9.53 Å². The number of esters is 1. The summed E-state index contributed by atoms with van der Waals surface area (Å²) in [6, 6.07) is 0. The highest BCUT2D eigenvalue weighted by Crippen LogP contribution is 2.42. The molecular weight excluding hydrogens is 308 g/mol. The van der Waals surface area contributed by atoms with Crippen LogP contribution in [0.2, 0.25) is 0 Å². The van der Waals surface area contributed by atoms with Crippen molar-refractivity contribution in [2.75, 3.05) is 6.61 Å². The predicted molar refractivity (Wildman–Crippen MR) is 106 cm³/mol. The van der Waals surface area contributed by atoms with Gasteiger partial charge in [0.25, 0.3) is 0 Å². The summed E-state index contributed by atoms with van der Waals surface area (Å²) in [7, 11) is 0. The molecule has 2 heteroatoms. The highest BCUT2D eigenvalue weighted by molar-refractivity contribution is 5.72. The van der Waals surface area contributed by atoms with Gasteiger partial charge in [-0.15, -0.1) is 0 Å². The normalized spacial score (nSPS) is 30.2. The smallest absolute Gasteiger partial charge is 0.308 e. The van der Waals surface area contributed by atoms with Gasteiger partial charge in [-0.05, 0) is 62.7 Å². The molecule has 2 saturated carbocycles. The van der Waals surface area contributed by atoms with Gasteiger partial charge in [-0.3, -0.25) is 4.79 Å². The summed E-state index contributed by atoms with van der Waals surface area (Å²) >= 11 is 0. The van der Waals surface area contributed by atoms with E-state index in [1.165, 1.54) is 77.0 Å². The third kappa shape index (κ3) is 7.31. The van der Waals surface area contributed by atoms with Gasteiger partial charge in [0, 0.05) is 0 Å². The third-order valence-corrected chi connectivity index (χ3v) is 6.83. The maximum atomic E-state index is 12.0. The lowest BCUT2D eigenvalue weighted by molar-refractivity contribution is -0.150. The van der Waals surface area contributed by atoms with Gasteiger partial charge in [0.15, 0.2) is 0 Å². The van der Waals surface area contributed by atoms with E-state index in [0.717, 1.165) is 37.0 Å². The van der Waals surface area contributed by atoms with E-state index in [2.05, 4.69) is 13.8 Å². The average molecular weight is 351 g/mol. The Morgan fingerprint density at radius 3 is 1.96 bits per heavy atom. The molecule has 0 unspecified atom stereocenters. The molecule has 0 bridgehead atoms. The SMILES string of the molecule is CCCCCCCC1CCC(C2CCC(C(=O)OCCC)CC2)CC1. The molecule has 0 saturated heterocycles. The molecule has 0 amide bonds. The largest absolute Gasteiger partial charge is 0.465 e. The third-order valence-electron chi connectivity index (χ3n) is 6.83. The van der Waals surface area contributed by atoms with Crippen molar-refractivity contribution < 1.29 is 9.53 Å². The molecule has 0 aliphatic heterocycles. The summed E-state index contributed by atoms with van der Waals surface area (Å²) in [4.78, 5) is 12.0. The molecule has 25 heavy (non-hydrogen) atoms. The second-order valence-corrected chi connectivity index (χ2v) is 8.76. The van der Waals surface area contributed by atoms with E-state index in [1.54, 1.807) is 0 Å². The summed E-state index contributed by atoms with van der Waals surface area (Å²) in [5.74, 6) is 3.12. The molecule has 0 heterocycles. The van der Waals surface area contributed by atoms with E-state index in [0.29, 0.717) is 6.61 Å². The zero-order chi connectivity index (χ0) is 17.9. The van der Waals surface area contributed by atoms with Crippen LogP contribution in [-0.4, -0.2) is 12.6 Å². The number of rotatable bonds is 10. The highest BCUT2D eigenvalue weighted by atomic mass is 16.5. The molecule has 2 nitrogen and oxygen atoms in total. The van der Waals surface area contributed by atoms with Gasteiger partial charge in [0.2, 0.25) is 0 Å². The highest BCUT2D eigenvalue weighted by Gasteiger charge is 2.33. The van der Waals surface area contributed by atoms with Crippen molar-refractivity contribution in [2.45, 2.75) is 110 Å². The fraction of sp³-hybridized carbons (Fsp3) is 0.957. The molecule has 0 aromatic rings. The number of hydrogen-bond donors (Lipinski definition) is 0. The van der Waals surface area contributed by atoms with Crippen molar-refractivity contribution in [3.05, 3.63) is 0 Å². The van der Waals surface area contributed by atoms with Crippen molar-refractivity contribution in [1.29, 1.82) is 0 Å². The molecule has 0 atom stereocenters. The molecule has 2 rings (SSSR count). The van der Waals surface area contributed by atoms with Crippen LogP contribution in [0, 0.1) is 23.7 Å².